The fourth-order valence-electron chi connectivity index (χ4n) is 4.93. The van der Waals surface area contributed by atoms with Crippen LogP contribution in [-0.4, -0.2) is 54.9 Å². The van der Waals surface area contributed by atoms with Gasteiger partial charge >= 0.3 is 0 Å². The minimum Gasteiger partial charge on any atom is -0.369 e. The first-order chi connectivity index (χ1) is 14.4. The number of aliphatic imine (C=N–C) groups is 1. The topological polar surface area (TPSA) is 74.0 Å². The number of likely N-dealkylation sites (tertiary alicyclic amines) is 2. The zero-order chi connectivity index (χ0) is 21.5. The first kappa shape index (κ1) is 22.6. The molecule has 6 nitrogen and oxygen atoms in total. The predicted molar refractivity (Wildman–Crippen MR) is 123 cm³/mol. The molecule has 0 spiro atoms. The molecule has 2 unspecified atom stereocenters. The van der Waals surface area contributed by atoms with E-state index in [1.54, 1.807) is 0 Å². The number of nitrogens with one attached hydrogen (secondary N) is 1. The normalized spacial score (nSPS) is 23.2. The number of hydrogen-bond donors (Lipinski definition) is 2. The lowest BCUT2D eigenvalue weighted by Gasteiger charge is -2.31. The standard InChI is InChI=1S/C24H39N5O/c1-18(2)12-21-9-11-29(16-21)24(26-3)27-14-19-6-4-7-20(13-19)15-28-10-5-8-22(17-28)23(25)30/h4,6-7,13,18,21-22H,5,8-12,14-17H2,1-3H3,(H2,25,30)(H,26,27). The van der Waals surface area contributed by atoms with Gasteiger partial charge in [0.1, 0.15) is 0 Å². The third-order valence-corrected chi connectivity index (χ3v) is 6.36. The Morgan fingerprint density at radius 1 is 1.23 bits per heavy atom. The van der Waals surface area contributed by atoms with Crippen LogP contribution in [0.3, 0.4) is 0 Å². The number of carbonyl (C=O) groups excluding carboxylic acids is 1. The Hall–Kier alpha value is -2.08. The third kappa shape index (κ3) is 6.46. The van der Waals surface area contributed by atoms with Crippen molar-refractivity contribution in [3.05, 3.63) is 35.4 Å². The maximum Gasteiger partial charge on any atom is 0.221 e. The van der Waals surface area contributed by atoms with E-state index in [2.05, 4.69) is 58.2 Å². The van der Waals surface area contributed by atoms with E-state index in [0.29, 0.717) is 0 Å². The number of carbonyl (C=O) groups is 1. The Kier molecular flexibility index (Phi) is 8.14. The maximum atomic E-state index is 11.5. The van der Waals surface area contributed by atoms with Crippen molar-refractivity contribution in [1.82, 2.24) is 15.1 Å². The van der Waals surface area contributed by atoms with E-state index < -0.39 is 0 Å². The molecule has 2 saturated heterocycles. The number of nitrogens with two attached hydrogens (primary N) is 1. The van der Waals surface area contributed by atoms with Crippen LogP contribution in [-0.2, 0) is 17.9 Å². The molecule has 1 aromatic carbocycles. The molecule has 1 aromatic rings. The summed E-state index contributed by atoms with van der Waals surface area (Å²) in [5.41, 5.74) is 8.07. The summed E-state index contributed by atoms with van der Waals surface area (Å²) in [6.45, 7) is 10.3. The van der Waals surface area contributed by atoms with E-state index in [-0.39, 0.29) is 11.8 Å². The molecule has 0 aromatic heterocycles. The van der Waals surface area contributed by atoms with Crippen LogP contribution < -0.4 is 11.1 Å². The zero-order valence-electron chi connectivity index (χ0n) is 18.9. The summed E-state index contributed by atoms with van der Waals surface area (Å²) in [4.78, 5) is 20.8. The molecule has 2 fully saturated rings. The highest BCUT2D eigenvalue weighted by Gasteiger charge is 2.25. The van der Waals surface area contributed by atoms with Gasteiger partial charge in [-0.1, -0.05) is 38.1 Å². The van der Waals surface area contributed by atoms with Gasteiger partial charge in [0.05, 0.1) is 5.92 Å². The fraction of sp³-hybridized carbons (Fsp3) is 0.667. The van der Waals surface area contributed by atoms with Gasteiger partial charge in [-0.25, -0.2) is 0 Å². The number of primary amides is 1. The summed E-state index contributed by atoms with van der Waals surface area (Å²) in [7, 11) is 1.88. The third-order valence-electron chi connectivity index (χ3n) is 6.36. The summed E-state index contributed by atoms with van der Waals surface area (Å²) >= 11 is 0. The van der Waals surface area contributed by atoms with Gasteiger partial charge in [0, 0.05) is 39.8 Å². The Morgan fingerprint density at radius 2 is 2.03 bits per heavy atom. The first-order valence-corrected chi connectivity index (χ1v) is 11.5. The molecule has 6 heteroatoms. The molecular formula is C24H39N5O. The Balaban J connectivity index is 1.52. The Morgan fingerprint density at radius 3 is 2.77 bits per heavy atom. The summed E-state index contributed by atoms with van der Waals surface area (Å²) in [5.74, 6) is 2.37. The highest BCUT2D eigenvalue weighted by molar-refractivity contribution is 5.80. The van der Waals surface area contributed by atoms with E-state index >= 15 is 0 Å². The maximum absolute atomic E-state index is 11.5. The van der Waals surface area contributed by atoms with E-state index in [4.69, 9.17) is 5.73 Å². The lowest BCUT2D eigenvalue weighted by Crippen LogP contribution is -2.40. The van der Waals surface area contributed by atoms with Gasteiger partial charge in [0.25, 0.3) is 0 Å². The largest absolute Gasteiger partial charge is 0.369 e. The smallest absolute Gasteiger partial charge is 0.221 e. The van der Waals surface area contributed by atoms with Crippen LogP contribution >= 0.6 is 0 Å². The number of nitrogens with zero attached hydrogens (tertiary/aromatic N) is 3. The van der Waals surface area contributed by atoms with Crippen LogP contribution in [0.4, 0.5) is 0 Å². The van der Waals surface area contributed by atoms with Gasteiger partial charge in [0.2, 0.25) is 5.91 Å². The summed E-state index contributed by atoms with van der Waals surface area (Å²) in [6, 6.07) is 8.72. The van der Waals surface area contributed by atoms with E-state index in [1.165, 1.54) is 24.0 Å². The molecule has 0 aliphatic carbocycles. The average Bonchev–Trinajstić information content (AvgIpc) is 3.16. The van der Waals surface area contributed by atoms with Crippen molar-refractivity contribution in [3.8, 4) is 0 Å². The molecule has 2 heterocycles. The van der Waals surface area contributed by atoms with E-state index in [9.17, 15) is 4.79 Å². The lowest BCUT2D eigenvalue weighted by molar-refractivity contribution is -0.123. The fourth-order valence-corrected chi connectivity index (χ4v) is 4.93. The number of benzene rings is 1. The summed E-state index contributed by atoms with van der Waals surface area (Å²) < 4.78 is 0. The molecule has 0 bridgehead atoms. The van der Waals surface area contributed by atoms with Crippen molar-refractivity contribution < 1.29 is 4.79 Å². The SMILES string of the molecule is CN=C(NCc1cccc(CN2CCCC(C(N)=O)C2)c1)N1CCC(CC(C)C)C1. The molecule has 3 rings (SSSR count). The van der Waals surface area contributed by atoms with E-state index in [1.807, 2.05) is 7.05 Å². The minimum atomic E-state index is -0.165. The molecule has 166 valence electrons. The number of hydrogen-bond acceptors (Lipinski definition) is 3. The molecule has 2 atom stereocenters. The lowest BCUT2D eigenvalue weighted by atomic mass is 9.97. The highest BCUT2D eigenvalue weighted by atomic mass is 16.1. The van der Waals surface area contributed by atoms with Crippen molar-refractivity contribution in [2.24, 2.45) is 28.5 Å². The quantitative estimate of drug-likeness (QED) is 0.532. The van der Waals surface area contributed by atoms with E-state index in [0.717, 1.165) is 69.9 Å². The first-order valence-electron chi connectivity index (χ1n) is 11.5. The number of piperidine rings is 1. The molecule has 0 saturated carbocycles. The van der Waals surface area contributed by atoms with Gasteiger partial charge < -0.3 is 16.0 Å². The zero-order valence-corrected chi connectivity index (χ0v) is 18.9. The van der Waals surface area contributed by atoms with Crippen LogP contribution in [0.25, 0.3) is 0 Å². The van der Waals surface area contributed by atoms with Gasteiger partial charge in [-0.2, -0.15) is 0 Å². The molecule has 2 aliphatic heterocycles. The second-order valence-corrected chi connectivity index (χ2v) is 9.43. The van der Waals surface area contributed by atoms with Crippen LogP contribution in [0, 0.1) is 17.8 Å². The highest BCUT2D eigenvalue weighted by Crippen LogP contribution is 2.23. The van der Waals surface area contributed by atoms with Gasteiger partial charge in [0.15, 0.2) is 5.96 Å². The van der Waals surface area contributed by atoms with Crippen molar-refractivity contribution in [3.63, 3.8) is 0 Å². The Labute approximate surface area is 181 Å². The van der Waals surface area contributed by atoms with Crippen molar-refractivity contribution in [2.75, 3.05) is 33.2 Å². The van der Waals surface area contributed by atoms with Crippen LogP contribution in [0.5, 0.6) is 0 Å². The molecular weight excluding hydrogens is 374 g/mol. The van der Waals surface area contributed by atoms with Gasteiger partial charge in [-0.05, 0) is 55.2 Å². The number of amides is 1. The minimum absolute atomic E-state index is 0.00749. The van der Waals surface area contributed by atoms with Crippen molar-refractivity contribution in [2.45, 2.75) is 52.6 Å². The Bertz CT molecular complexity index is 732. The molecule has 30 heavy (non-hydrogen) atoms. The van der Waals surface area contributed by atoms with Crippen molar-refractivity contribution in [1.29, 1.82) is 0 Å². The monoisotopic (exact) mass is 413 g/mol. The second kappa shape index (κ2) is 10.8. The van der Waals surface area contributed by atoms with Crippen LogP contribution in [0.15, 0.2) is 29.3 Å². The van der Waals surface area contributed by atoms with Crippen LogP contribution in [0.1, 0.15) is 50.7 Å². The molecule has 2 aliphatic rings. The van der Waals surface area contributed by atoms with Crippen molar-refractivity contribution >= 4 is 11.9 Å². The molecule has 3 N–H and O–H groups in total. The number of guanidine groups is 1. The average molecular weight is 414 g/mol. The molecule has 0 radical (unpaired) electrons. The van der Waals surface area contributed by atoms with Crippen LogP contribution in [0.2, 0.25) is 0 Å². The number of rotatable bonds is 7. The predicted octanol–water partition coefficient (Wildman–Crippen LogP) is 2.83. The van der Waals surface area contributed by atoms with Gasteiger partial charge in [-0.15, -0.1) is 0 Å². The summed E-state index contributed by atoms with van der Waals surface area (Å²) in [6.07, 6.45) is 4.52. The summed E-state index contributed by atoms with van der Waals surface area (Å²) in [5, 5.41) is 3.56. The molecule has 1 amide bonds. The van der Waals surface area contributed by atoms with Gasteiger partial charge in [-0.3, -0.25) is 14.7 Å². The second-order valence-electron chi connectivity index (χ2n) is 9.43.